The highest BCUT2D eigenvalue weighted by molar-refractivity contribution is 9.10. The van der Waals surface area contributed by atoms with Gasteiger partial charge in [0.15, 0.2) is 0 Å². The van der Waals surface area contributed by atoms with E-state index >= 15 is 0 Å². The molecule has 3 N–H and O–H groups in total. The van der Waals surface area contributed by atoms with Crippen molar-refractivity contribution in [2.75, 3.05) is 0 Å². The summed E-state index contributed by atoms with van der Waals surface area (Å²) in [5.41, 5.74) is 6.83. The lowest BCUT2D eigenvalue weighted by Gasteiger charge is -2.36. The largest absolute Gasteiger partial charge is 0.271 e. The number of rotatable bonds is 3. The van der Waals surface area contributed by atoms with E-state index in [0.29, 0.717) is 5.92 Å². The molecule has 0 aliphatic heterocycles. The van der Waals surface area contributed by atoms with Crippen molar-refractivity contribution in [2.24, 2.45) is 12.9 Å². The van der Waals surface area contributed by atoms with Gasteiger partial charge in [-0.05, 0) is 33.5 Å². The van der Waals surface area contributed by atoms with Crippen LogP contribution >= 0.6 is 15.9 Å². The molecule has 1 heterocycles. The van der Waals surface area contributed by atoms with Gasteiger partial charge in [0.05, 0.1) is 22.4 Å². The van der Waals surface area contributed by atoms with Crippen LogP contribution in [0.5, 0.6) is 0 Å². The first kappa shape index (κ1) is 11.9. The van der Waals surface area contributed by atoms with E-state index in [1.165, 1.54) is 11.1 Å². The van der Waals surface area contributed by atoms with Gasteiger partial charge < -0.3 is 0 Å². The monoisotopic (exact) mass is 306 g/mol. The molecule has 2 unspecified atom stereocenters. The number of hydrazine groups is 1. The fourth-order valence-corrected chi connectivity index (χ4v) is 3.35. The van der Waals surface area contributed by atoms with Crippen molar-refractivity contribution in [3.8, 4) is 0 Å². The Labute approximate surface area is 114 Å². The lowest BCUT2D eigenvalue weighted by Crippen LogP contribution is -2.38. The van der Waals surface area contributed by atoms with Gasteiger partial charge in [-0.25, -0.2) is 0 Å². The molecule has 0 amide bonds. The van der Waals surface area contributed by atoms with Gasteiger partial charge in [0.1, 0.15) is 0 Å². The van der Waals surface area contributed by atoms with Crippen LogP contribution in [0.2, 0.25) is 0 Å². The Morgan fingerprint density at radius 3 is 2.89 bits per heavy atom. The molecule has 1 aromatic carbocycles. The van der Waals surface area contributed by atoms with Crippen LogP contribution in [0.15, 0.2) is 34.9 Å². The first-order valence-electron chi connectivity index (χ1n) is 5.93. The highest BCUT2D eigenvalue weighted by Crippen LogP contribution is 2.44. The number of nitrogens with one attached hydrogen (secondary N) is 1. The molecule has 0 radical (unpaired) electrons. The molecule has 0 saturated carbocycles. The quantitative estimate of drug-likeness (QED) is 0.674. The summed E-state index contributed by atoms with van der Waals surface area (Å²) in [4.78, 5) is 0. The first-order valence-corrected chi connectivity index (χ1v) is 6.73. The summed E-state index contributed by atoms with van der Waals surface area (Å²) in [7, 11) is 1.94. The van der Waals surface area contributed by atoms with Crippen molar-refractivity contribution in [1.29, 1.82) is 0 Å². The molecule has 3 rings (SSSR count). The van der Waals surface area contributed by atoms with E-state index in [-0.39, 0.29) is 6.04 Å². The van der Waals surface area contributed by atoms with Crippen molar-refractivity contribution in [3.05, 3.63) is 51.8 Å². The van der Waals surface area contributed by atoms with Gasteiger partial charge >= 0.3 is 0 Å². The fourth-order valence-electron chi connectivity index (χ4n) is 2.75. The van der Waals surface area contributed by atoms with E-state index in [9.17, 15) is 0 Å². The zero-order valence-electron chi connectivity index (χ0n) is 10.1. The topological polar surface area (TPSA) is 55.9 Å². The first-order chi connectivity index (χ1) is 8.72. The third-order valence-electron chi connectivity index (χ3n) is 3.71. The average Bonchev–Trinajstić information content (AvgIpc) is 2.67. The van der Waals surface area contributed by atoms with E-state index < -0.39 is 0 Å². The van der Waals surface area contributed by atoms with Crippen LogP contribution in [-0.4, -0.2) is 9.78 Å². The molecule has 1 aromatic heterocycles. The van der Waals surface area contributed by atoms with Gasteiger partial charge in [-0.15, -0.1) is 0 Å². The second kappa shape index (κ2) is 4.50. The molecule has 1 aliphatic rings. The third kappa shape index (κ3) is 1.70. The normalized spacial score (nSPS) is 19.2. The van der Waals surface area contributed by atoms with Crippen LogP contribution in [0.3, 0.4) is 0 Å². The molecular formula is C13H15BrN4. The van der Waals surface area contributed by atoms with Gasteiger partial charge in [0.25, 0.3) is 0 Å². The van der Waals surface area contributed by atoms with Crippen LogP contribution in [0, 0.1) is 0 Å². The van der Waals surface area contributed by atoms with Crippen molar-refractivity contribution in [3.63, 3.8) is 0 Å². The Balaban J connectivity index is 1.97. The second-order valence-corrected chi connectivity index (χ2v) is 5.51. The summed E-state index contributed by atoms with van der Waals surface area (Å²) in [6.07, 6.45) is 2.87. The second-order valence-electron chi connectivity index (χ2n) is 4.66. The fraction of sp³-hybridized carbons (Fsp3) is 0.308. The zero-order chi connectivity index (χ0) is 12.7. The maximum Gasteiger partial charge on any atom is 0.0712 e. The molecule has 94 valence electrons. The van der Waals surface area contributed by atoms with Crippen molar-refractivity contribution in [1.82, 2.24) is 15.2 Å². The highest BCUT2D eigenvalue weighted by atomic mass is 79.9. The van der Waals surface area contributed by atoms with Crippen molar-refractivity contribution >= 4 is 15.9 Å². The average molecular weight is 307 g/mol. The van der Waals surface area contributed by atoms with E-state index in [0.717, 1.165) is 16.6 Å². The molecule has 0 bridgehead atoms. The van der Waals surface area contributed by atoms with Crippen LogP contribution < -0.4 is 11.3 Å². The Morgan fingerprint density at radius 1 is 1.50 bits per heavy atom. The number of halogens is 1. The molecule has 4 nitrogen and oxygen atoms in total. The van der Waals surface area contributed by atoms with Crippen LogP contribution in [0.4, 0.5) is 0 Å². The van der Waals surface area contributed by atoms with Crippen LogP contribution in [-0.2, 0) is 13.5 Å². The highest BCUT2D eigenvalue weighted by Gasteiger charge is 2.35. The number of hydrogen-bond donors (Lipinski definition) is 2. The number of fused-ring (bicyclic) bond motifs is 1. The lowest BCUT2D eigenvalue weighted by molar-refractivity contribution is 0.396. The van der Waals surface area contributed by atoms with Crippen molar-refractivity contribution in [2.45, 2.75) is 18.4 Å². The number of nitrogens with two attached hydrogens (primary N) is 1. The summed E-state index contributed by atoms with van der Waals surface area (Å²) < 4.78 is 2.87. The molecule has 5 heteroatoms. The molecular weight excluding hydrogens is 292 g/mol. The summed E-state index contributed by atoms with van der Waals surface area (Å²) in [5, 5.41) is 4.26. The van der Waals surface area contributed by atoms with E-state index in [2.05, 4.69) is 50.7 Å². The molecule has 1 aliphatic carbocycles. The summed E-state index contributed by atoms with van der Waals surface area (Å²) in [6, 6.07) is 8.61. The molecule has 0 saturated heterocycles. The predicted octanol–water partition coefficient (Wildman–Crippen LogP) is 2.03. The predicted molar refractivity (Wildman–Crippen MR) is 73.9 cm³/mol. The molecule has 2 atom stereocenters. The van der Waals surface area contributed by atoms with E-state index in [1.807, 2.05) is 17.9 Å². The molecule has 0 spiro atoms. The minimum atomic E-state index is 0.0850. The zero-order valence-corrected chi connectivity index (χ0v) is 11.7. The van der Waals surface area contributed by atoms with Crippen LogP contribution in [0.1, 0.15) is 28.8 Å². The van der Waals surface area contributed by atoms with Gasteiger partial charge in [-0.1, -0.05) is 24.3 Å². The van der Waals surface area contributed by atoms with Gasteiger partial charge in [-0.2, -0.15) is 5.10 Å². The summed E-state index contributed by atoms with van der Waals surface area (Å²) in [5.74, 6) is 6.17. The standard InChI is InChI=1S/C13H15BrN4/c1-18-13(11(14)7-16-18)12(17-15)10-6-8-4-2-3-5-9(8)10/h2-5,7,10,12,17H,6,15H2,1H3. The van der Waals surface area contributed by atoms with Gasteiger partial charge in [-0.3, -0.25) is 16.0 Å². The summed E-state index contributed by atoms with van der Waals surface area (Å²) >= 11 is 3.54. The number of nitrogens with zero attached hydrogens (tertiary/aromatic N) is 2. The molecule has 2 aromatic rings. The Hall–Kier alpha value is -1.17. The number of aromatic nitrogens is 2. The van der Waals surface area contributed by atoms with E-state index in [4.69, 9.17) is 5.84 Å². The minimum Gasteiger partial charge on any atom is -0.271 e. The maximum atomic E-state index is 5.76. The SMILES string of the molecule is Cn1ncc(Br)c1C(NN)C1Cc2ccccc21. The van der Waals surface area contributed by atoms with Crippen LogP contribution in [0.25, 0.3) is 0 Å². The smallest absolute Gasteiger partial charge is 0.0712 e. The molecule has 0 fully saturated rings. The number of benzene rings is 1. The van der Waals surface area contributed by atoms with Crippen molar-refractivity contribution < 1.29 is 0 Å². The Morgan fingerprint density at radius 2 is 2.28 bits per heavy atom. The van der Waals surface area contributed by atoms with Gasteiger partial charge in [0, 0.05) is 13.0 Å². The Bertz CT molecular complexity index is 559. The van der Waals surface area contributed by atoms with Gasteiger partial charge in [0.2, 0.25) is 0 Å². The summed E-state index contributed by atoms with van der Waals surface area (Å²) in [6.45, 7) is 0. The minimum absolute atomic E-state index is 0.0850. The Kier molecular flexibility index (Phi) is 2.97. The molecule has 18 heavy (non-hydrogen) atoms. The number of hydrogen-bond acceptors (Lipinski definition) is 3. The number of aryl methyl sites for hydroxylation is 1. The lowest BCUT2D eigenvalue weighted by atomic mass is 9.73. The van der Waals surface area contributed by atoms with E-state index in [1.54, 1.807) is 0 Å². The third-order valence-corrected chi connectivity index (χ3v) is 4.32. The maximum absolute atomic E-state index is 5.76.